The fourth-order valence-corrected chi connectivity index (χ4v) is 4.31. The van der Waals surface area contributed by atoms with Crippen LogP contribution in [-0.2, 0) is 11.3 Å². The molecule has 5 nitrogen and oxygen atoms in total. The van der Waals surface area contributed by atoms with Crippen molar-refractivity contribution < 1.29 is 9.21 Å². The van der Waals surface area contributed by atoms with Crippen LogP contribution in [0.15, 0.2) is 51.8 Å². The molecular formula is C22H22ClN3O2S. The van der Waals surface area contributed by atoms with Gasteiger partial charge in [0.25, 0.3) is 0 Å². The third kappa shape index (κ3) is 4.82. The van der Waals surface area contributed by atoms with Gasteiger partial charge in [0.2, 0.25) is 17.7 Å². The SMILES string of the molecule is Cc1ccc(SCC(=O)N(Cc2nnc(-c3ccccc3Cl)o2)C2CC2)c(C)c1. The molecule has 0 bridgehead atoms. The lowest BCUT2D eigenvalue weighted by atomic mass is 10.2. The van der Waals surface area contributed by atoms with Gasteiger partial charge in [0.1, 0.15) is 0 Å². The lowest BCUT2D eigenvalue weighted by Crippen LogP contribution is -2.34. The van der Waals surface area contributed by atoms with Crippen molar-refractivity contribution in [3.05, 3.63) is 64.5 Å². The van der Waals surface area contributed by atoms with Gasteiger partial charge in [-0.25, -0.2) is 0 Å². The molecule has 0 N–H and O–H groups in total. The number of hydrogen-bond donors (Lipinski definition) is 0. The molecular weight excluding hydrogens is 406 g/mol. The quantitative estimate of drug-likeness (QED) is 0.479. The van der Waals surface area contributed by atoms with Crippen molar-refractivity contribution in [3.8, 4) is 11.5 Å². The summed E-state index contributed by atoms with van der Waals surface area (Å²) < 4.78 is 5.80. The van der Waals surface area contributed by atoms with Crippen LogP contribution in [0.3, 0.4) is 0 Å². The number of halogens is 1. The van der Waals surface area contributed by atoms with Crippen LogP contribution in [0.5, 0.6) is 0 Å². The van der Waals surface area contributed by atoms with E-state index < -0.39 is 0 Å². The fourth-order valence-electron chi connectivity index (χ4n) is 3.20. The summed E-state index contributed by atoms with van der Waals surface area (Å²) in [5, 5.41) is 8.80. The lowest BCUT2D eigenvalue weighted by Gasteiger charge is -2.20. The highest BCUT2D eigenvalue weighted by molar-refractivity contribution is 8.00. The number of aryl methyl sites for hydroxylation is 2. The molecule has 1 fully saturated rings. The van der Waals surface area contributed by atoms with E-state index in [2.05, 4.69) is 42.2 Å². The molecule has 4 rings (SSSR count). The second-order valence-electron chi connectivity index (χ2n) is 7.29. The molecule has 0 unspecified atom stereocenters. The van der Waals surface area contributed by atoms with Crippen molar-refractivity contribution in [2.24, 2.45) is 0 Å². The second-order valence-corrected chi connectivity index (χ2v) is 8.72. The highest BCUT2D eigenvalue weighted by Crippen LogP contribution is 2.31. The molecule has 0 saturated heterocycles. The van der Waals surface area contributed by atoms with E-state index in [4.69, 9.17) is 16.0 Å². The van der Waals surface area contributed by atoms with E-state index >= 15 is 0 Å². The summed E-state index contributed by atoms with van der Waals surface area (Å²) in [6.45, 7) is 4.48. The summed E-state index contributed by atoms with van der Waals surface area (Å²) in [5.74, 6) is 1.29. The molecule has 3 aromatic rings. The Morgan fingerprint density at radius 1 is 1.21 bits per heavy atom. The number of aromatic nitrogens is 2. The Kier molecular flexibility index (Phi) is 5.92. The first-order valence-electron chi connectivity index (χ1n) is 9.58. The van der Waals surface area contributed by atoms with Gasteiger partial charge in [0.05, 0.1) is 22.9 Å². The molecule has 0 atom stereocenters. The van der Waals surface area contributed by atoms with Crippen LogP contribution < -0.4 is 0 Å². The van der Waals surface area contributed by atoms with Crippen molar-refractivity contribution >= 4 is 29.3 Å². The van der Waals surface area contributed by atoms with Crippen LogP contribution in [-0.4, -0.2) is 32.8 Å². The molecule has 0 spiro atoms. The number of amides is 1. The monoisotopic (exact) mass is 427 g/mol. The molecule has 2 aromatic carbocycles. The number of nitrogens with zero attached hydrogens (tertiary/aromatic N) is 3. The summed E-state index contributed by atoms with van der Waals surface area (Å²) in [6.07, 6.45) is 2.04. The van der Waals surface area contributed by atoms with Gasteiger partial charge in [0, 0.05) is 10.9 Å². The number of benzene rings is 2. The van der Waals surface area contributed by atoms with Crippen molar-refractivity contribution in [1.82, 2.24) is 15.1 Å². The Balaban J connectivity index is 1.43. The highest BCUT2D eigenvalue weighted by Gasteiger charge is 2.33. The maximum atomic E-state index is 12.9. The Morgan fingerprint density at radius 3 is 2.72 bits per heavy atom. The summed E-state index contributed by atoms with van der Waals surface area (Å²) >= 11 is 7.79. The molecule has 0 aliphatic heterocycles. The molecule has 150 valence electrons. The van der Waals surface area contributed by atoms with Gasteiger partial charge in [-0.2, -0.15) is 0 Å². The summed E-state index contributed by atoms with van der Waals surface area (Å²) in [4.78, 5) is 15.9. The van der Waals surface area contributed by atoms with Crippen LogP contribution >= 0.6 is 23.4 Å². The smallest absolute Gasteiger partial charge is 0.249 e. The molecule has 7 heteroatoms. The fraction of sp³-hybridized carbons (Fsp3) is 0.318. The standard InChI is InChI=1S/C22H22ClN3O2S/c1-14-7-10-19(15(2)11-14)29-13-21(27)26(16-8-9-16)12-20-24-25-22(28-20)17-5-3-4-6-18(17)23/h3-7,10-11,16H,8-9,12-13H2,1-2H3. The minimum atomic E-state index is 0.0926. The minimum Gasteiger partial charge on any atom is -0.419 e. The Bertz CT molecular complexity index is 1030. The zero-order chi connectivity index (χ0) is 20.4. The number of rotatable bonds is 7. The summed E-state index contributed by atoms with van der Waals surface area (Å²) in [7, 11) is 0. The van der Waals surface area contributed by atoms with Crippen LogP contribution in [0, 0.1) is 13.8 Å². The number of hydrogen-bond acceptors (Lipinski definition) is 5. The maximum Gasteiger partial charge on any atom is 0.249 e. The molecule has 29 heavy (non-hydrogen) atoms. The van der Waals surface area contributed by atoms with Gasteiger partial charge in [0.15, 0.2) is 0 Å². The number of carbonyl (C=O) groups excluding carboxylic acids is 1. The molecule has 1 aliphatic rings. The van der Waals surface area contributed by atoms with Crippen LogP contribution in [0.25, 0.3) is 11.5 Å². The maximum absolute atomic E-state index is 12.9. The zero-order valence-electron chi connectivity index (χ0n) is 16.4. The highest BCUT2D eigenvalue weighted by atomic mass is 35.5. The Labute approximate surface area is 179 Å². The second kappa shape index (κ2) is 8.59. The average Bonchev–Trinajstić information content (AvgIpc) is 3.43. The first-order valence-corrected chi connectivity index (χ1v) is 10.9. The number of carbonyl (C=O) groups is 1. The summed E-state index contributed by atoms with van der Waals surface area (Å²) in [6, 6.07) is 13.9. The normalized spacial score (nSPS) is 13.5. The number of thioether (sulfide) groups is 1. The Hall–Kier alpha value is -2.31. The van der Waals surface area contributed by atoms with E-state index in [1.165, 1.54) is 11.1 Å². The van der Waals surface area contributed by atoms with E-state index in [0.29, 0.717) is 34.7 Å². The van der Waals surface area contributed by atoms with Crippen LogP contribution in [0.4, 0.5) is 0 Å². The zero-order valence-corrected chi connectivity index (χ0v) is 18.0. The molecule has 0 radical (unpaired) electrons. The van der Waals surface area contributed by atoms with Gasteiger partial charge in [-0.05, 0) is 50.5 Å². The van der Waals surface area contributed by atoms with Crippen molar-refractivity contribution in [2.45, 2.75) is 44.2 Å². The molecule has 1 aliphatic carbocycles. The molecule has 1 heterocycles. The molecule has 1 saturated carbocycles. The Morgan fingerprint density at radius 2 is 2.00 bits per heavy atom. The van der Waals surface area contributed by atoms with Crippen LogP contribution in [0.2, 0.25) is 5.02 Å². The van der Waals surface area contributed by atoms with E-state index in [0.717, 1.165) is 17.7 Å². The first-order chi connectivity index (χ1) is 14.0. The van der Waals surface area contributed by atoms with Crippen molar-refractivity contribution in [1.29, 1.82) is 0 Å². The first kappa shape index (κ1) is 20.0. The summed E-state index contributed by atoms with van der Waals surface area (Å²) in [5.41, 5.74) is 3.12. The van der Waals surface area contributed by atoms with Gasteiger partial charge < -0.3 is 9.32 Å². The van der Waals surface area contributed by atoms with Crippen molar-refractivity contribution in [3.63, 3.8) is 0 Å². The van der Waals surface area contributed by atoms with Gasteiger partial charge in [-0.3, -0.25) is 4.79 Å². The largest absolute Gasteiger partial charge is 0.419 e. The third-order valence-electron chi connectivity index (χ3n) is 4.87. The third-order valence-corrected chi connectivity index (χ3v) is 6.36. The van der Waals surface area contributed by atoms with E-state index in [1.54, 1.807) is 17.8 Å². The van der Waals surface area contributed by atoms with Gasteiger partial charge >= 0.3 is 0 Å². The lowest BCUT2D eigenvalue weighted by molar-refractivity contribution is -0.129. The average molecular weight is 428 g/mol. The van der Waals surface area contributed by atoms with E-state index in [1.807, 2.05) is 23.1 Å². The van der Waals surface area contributed by atoms with Crippen molar-refractivity contribution in [2.75, 3.05) is 5.75 Å². The predicted octanol–water partition coefficient (Wildman–Crippen LogP) is 5.29. The minimum absolute atomic E-state index is 0.0926. The topological polar surface area (TPSA) is 59.2 Å². The van der Waals surface area contributed by atoms with E-state index in [-0.39, 0.29) is 11.9 Å². The van der Waals surface area contributed by atoms with Gasteiger partial charge in [-0.15, -0.1) is 22.0 Å². The van der Waals surface area contributed by atoms with E-state index in [9.17, 15) is 4.79 Å². The van der Waals surface area contributed by atoms with Crippen LogP contribution in [0.1, 0.15) is 29.9 Å². The molecule has 1 amide bonds. The molecule has 1 aromatic heterocycles. The predicted molar refractivity (Wildman–Crippen MR) is 115 cm³/mol. The van der Waals surface area contributed by atoms with Gasteiger partial charge in [-0.1, -0.05) is 41.4 Å².